The fourth-order valence-electron chi connectivity index (χ4n) is 2.60. The number of nitrogens with zero attached hydrogens (tertiary/aromatic N) is 2. The van der Waals surface area contributed by atoms with Gasteiger partial charge in [0, 0.05) is 23.8 Å². The molecule has 2 unspecified atom stereocenters. The number of carbonyl (C=O) groups excluding carboxylic acids is 1. The molecule has 0 saturated carbocycles. The number of Topliss-reactive ketones (excluding diaryl/α,β-unsaturated/α-hetero) is 1. The van der Waals surface area contributed by atoms with Gasteiger partial charge < -0.3 is 4.57 Å². The van der Waals surface area contributed by atoms with E-state index in [4.69, 9.17) is 0 Å². The first-order valence-electron chi connectivity index (χ1n) is 6.83. The highest BCUT2D eigenvalue weighted by atomic mass is 32.2. The molecule has 1 aromatic heterocycles. The third-order valence-corrected chi connectivity index (χ3v) is 6.86. The second-order valence-corrected chi connectivity index (χ2v) is 7.82. The smallest absolute Gasteiger partial charge is 0.154 e. The average Bonchev–Trinajstić information content (AvgIpc) is 2.76. The van der Waals surface area contributed by atoms with Crippen LogP contribution in [0.25, 0.3) is 11.0 Å². The number of fused-ring (bicyclic) bond motifs is 1. The first-order chi connectivity index (χ1) is 9.66. The molecule has 1 fully saturated rings. The number of imidazole rings is 1. The highest BCUT2D eigenvalue weighted by molar-refractivity contribution is 8.07. The van der Waals surface area contributed by atoms with Crippen LogP contribution < -0.4 is 0 Å². The summed E-state index contributed by atoms with van der Waals surface area (Å²) in [4.78, 5) is 17.1. The fraction of sp³-hybridized carbons (Fsp3) is 0.467. The molecule has 0 spiro atoms. The van der Waals surface area contributed by atoms with Gasteiger partial charge in [-0.25, -0.2) is 4.98 Å². The lowest BCUT2D eigenvalue weighted by Gasteiger charge is -2.26. The van der Waals surface area contributed by atoms with Crippen molar-refractivity contribution >= 4 is 40.3 Å². The lowest BCUT2D eigenvalue weighted by Crippen LogP contribution is -2.32. The van der Waals surface area contributed by atoms with Crippen LogP contribution in [0.3, 0.4) is 0 Å². The predicted molar refractivity (Wildman–Crippen MR) is 87.6 cm³/mol. The van der Waals surface area contributed by atoms with Crippen molar-refractivity contribution in [3.63, 3.8) is 0 Å². The molecule has 0 N–H and O–H groups in total. The van der Waals surface area contributed by atoms with Gasteiger partial charge >= 0.3 is 0 Å². The van der Waals surface area contributed by atoms with Crippen LogP contribution in [0.2, 0.25) is 0 Å². The SMILES string of the molecule is CC1SCCSC1C(=O)Cc1nc2ccccc2n1C. The molecule has 3 rings (SSSR count). The molecule has 0 bridgehead atoms. The molecule has 2 heterocycles. The monoisotopic (exact) mass is 306 g/mol. The van der Waals surface area contributed by atoms with Crippen molar-refractivity contribution in [3.8, 4) is 0 Å². The molecule has 1 aromatic carbocycles. The van der Waals surface area contributed by atoms with Gasteiger partial charge in [-0.3, -0.25) is 4.79 Å². The summed E-state index contributed by atoms with van der Waals surface area (Å²) in [6, 6.07) is 8.03. The van der Waals surface area contributed by atoms with E-state index in [0.717, 1.165) is 28.4 Å². The first-order valence-corrected chi connectivity index (χ1v) is 8.93. The Labute approximate surface area is 127 Å². The van der Waals surface area contributed by atoms with Crippen molar-refractivity contribution in [2.45, 2.75) is 23.8 Å². The summed E-state index contributed by atoms with van der Waals surface area (Å²) < 4.78 is 2.04. The average molecular weight is 306 g/mol. The number of para-hydroxylation sites is 2. The number of thioether (sulfide) groups is 2. The topological polar surface area (TPSA) is 34.9 Å². The van der Waals surface area contributed by atoms with Gasteiger partial charge in [-0.15, -0.1) is 11.8 Å². The third kappa shape index (κ3) is 2.61. The van der Waals surface area contributed by atoms with Gasteiger partial charge in [0.2, 0.25) is 0 Å². The van der Waals surface area contributed by atoms with Crippen molar-refractivity contribution in [1.29, 1.82) is 0 Å². The predicted octanol–water partition coefficient (Wildman–Crippen LogP) is 2.92. The van der Waals surface area contributed by atoms with Crippen molar-refractivity contribution in [2.24, 2.45) is 7.05 Å². The van der Waals surface area contributed by atoms with Crippen LogP contribution in [-0.2, 0) is 18.3 Å². The van der Waals surface area contributed by atoms with Crippen molar-refractivity contribution < 1.29 is 4.79 Å². The van der Waals surface area contributed by atoms with Crippen LogP contribution >= 0.6 is 23.5 Å². The molecular weight excluding hydrogens is 288 g/mol. The summed E-state index contributed by atoms with van der Waals surface area (Å²) >= 11 is 3.71. The molecule has 5 heteroatoms. The Kier molecular flexibility index (Phi) is 4.08. The first kappa shape index (κ1) is 14.0. The molecule has 2 aromatic rings. The Morgan fingerprint density at radius 2 is 2.10 bits per heavy atom. The van der Waals surface area contributed by atoms with E-state index in [1.165, 1.54) is 0 Å². The van der Waals surface area contributed by atoms with Crippen molar-refractivity contribution in [3.05, 3.63) is 30.1 Å². The number of rotatable bonds is 3. The fourth-order valence-corrected chi connectivity index (χ4v) is 5.33. The molecular formula is C15H18N2OS2. The minimum Gasteiger partial charge on any atom is -0.331 e. The van der Waals surface area contributed by atoms with Gasteiger partial charge in [0.15, 0.2) is 5.78 Å². The van der Waals surface area contributed by atoms with Gasteiger partial charge in [0.25, 0.3) is 0 Å². The van der Waals surface area contributed by atoms with Crippen LogP contribution in [0.5, 0.6) is 0 Å². The molecule has 0 amide bonds. The Morgan fingerprint density at radius 1 is 1.35 bits per heavy atom. The van der Waals surface area contributed by atoms with Gasteiger partial charge in [0.05, 0.1) is 22.7 Å². The second kappa shape index (κ2) is 5.82. The summed E-state index contributed by atoms with van der Waals surface area (Å²) in [6.07, 6.45) is 0.438. The van der Waals surface area contributed by atoms with E-state index in [-0.39, 0.29) is 5.25 Å². The summed E-state index contributed by atoms with van der Waals surface area (Å²) in [6.45, 7) is 2.16. The number of aryl methyl sites for hydroxylation is 1. The van der Waals surface area contributed by atoms with Crippen molar-refractivity contribution in [1.82, 2.24) is 9.55 Å². The maximum absolute atomic E-state index is 12.5. The molecule has 0 aliphatic carbocycles. The van der Waals surface area contributed by atoms with E-state index >= 15 is 0 Å². The number of ketones is 1. The maximum atomic E-state index is 12.5. The Hall–Kier alpha value is -0.940. The third-order valence-electron chi connectivity index (χ3n) is 3.72. The lowest BCUT2D eigenvalue weighted by atomic mass is 10.1. The molecule has 1 saturated heterocycles. The zero-order valence-corrected chi connectivity index (χ0v) is 13.3. The number of hydrogen-bond donors (Lipinski definition) is 0. The number of hydrogen-bond acceptors (Lipinski definition) is 4. The molecule has 20 heavy (non-hydrogen) atoms. The largest absolute Gasteiger partial charge is 0.331 e. The van der Waals surface area contributed by atoms with E-state index in [1.54, 1.807) is 11.8 Å². The number of aromatic nitrogens is 2. The van der Waals surface area contributed by atoms with Crippen molar-refractivity contribution in [2.75, 3.05) is 11.5 Å². The normalized spacial score (nSPS) is 23.1. The molecule has 2 atom stereocenters. The van der Waals surface area contributed by atoms with Gasteiger partial charge in [-0.05, 0) is 12.1 Å². The zero-order valence-electron chi connectivity index (χ0n) is 11.7. The summed E-state index contributed by atoms with van der Waals surface area (Å²) in [5.74, 6) is 3.42. The standard InChI is InChI=1S/C15H18N2OS2/c1-10-15(20-8-7-19-10)13(18)9-14-16-11-5-3-4-6-12(11)17(14)2/h3-6,10,15H,7-9H2,1-2H3. The summed E-state index contributed by atoms with van der Waals surface area (Å²) in [5, 5.41) is 0.532. The van der Waals surface area contributed by atoms with Gasteiger partial charge in [-0.1, -0.05) is 19.1 Å². The van der Waals surface area contributed by atoms with Crippen LogP contribution in [0.1, 0.15) is 12.7 Å². The van der Waals surface area contributed by atoms with Gasteiger partial charge in [0.1, 0.15) is 5.82 Å². The van der Waals surface area contributed by atoms with Gasteiger partial charge in [-0.2, -0.15) is 11.8 Å². The highest BCUT2D eigenvalue weighted by Crippen LogP contribution is 2.32. The van der Waals surface area contributed by atoms with Crippen LogP contribution in [0.15, 0.2) is 24.3 Å². The van der Waals surface area contributed by atoms with E-state index < -0.39 is 0 Å². The molecule has 106 valence electrons. The minimum absolute atomic E-state index is 0.119. The van der Waals surface area contributed by atoms with Crippen LogP contribution in [0, 0.1) is 0 Å². The quantitative estimate of drug-likeness (QED) is 0.873. The van der Waals surface area contributed by atoms with E-state index in [2.05, 4.69) is 11.9 Å². The van der Waals surface area contributed by atoms with Crippen LogP contribution in [0.4, 0.5) is 0 Å². The Morgan fingerprint density at radius 3 is 2.85 bits per heavy atom. The van der Waals surface area contributed by atoms with E-state index in [1.807, 2.05) is 47.6 Å². The number of benzene rings is 1. The van der Waals surface area contributed by atoms with E-state index in [9.17, 15) is 4.79 Å². The molecule has 1 aliphatic heterocycles. The Balaban J connectivity index is 1.82. The number of carbonyl (C=O) groups is 1. The molecule has 3 nitrogen and oxygen atoms in total. The van der Waals surface area contributed by atoms with E-state index in [0.29, 0.717) is 17.5 Å². The van der Waals surface area contributed by atoms with Crippen LogP contribution in [-0.4, -0.2) is 37.3 Å². The minimum atomic E-state index is 0.119. The summed E-state index contributed by atoms with van der Waals surface area (Å²) in [7, 11) is 1.99. The molecule has 1 aliphatic rings. The summed E-state index contributed by atoms with van der Waals surface area (Å²) in [5.41, 5.74) is 2.06. The zero-order chi connectivity index (χ0) is 14.1. The lowest BCUT2D eigenvalue weighted by molar-refractivity contribution is -0.118. The molecule has 0 radical (unpaired) electrons. The second-order valence-electron chi connectivity index (χ2n) is 5.09. The maximum Gasteiger partial charge on any atom is 0.154 e. The highest BCUT2D eigenvalue weighted by Gasteiger charge is 2.29. The Bertz CT molecular complexity index is 638.